The van der Waals surface area contributed by atoms with Crippen LogP contribution in [0.3, 0.4) is 0 Å². The first-order valence-electron chi connectivity index (χ1n) is 3.69. The molecule has 0 aliphatic heterocycles. The Morgan fingerprint density at radius 1 is 1.27 bits per heavy atom. The van der Waals surface area contributed by atoms with Gasteiger partial charge in [0.15, 0.2) is 0 Å². The predicted octanol–water partition coefficient (Wildman–Crippen LogP) is 1.83. The van der Waals surface area contributed by atoms with Gasteiger partial charge in [-0.1, -0.05) is 36.9 Å². The zero-order valence-electron chi connectivity index (χ0n) is 6.25. The van der Waals surface area contributed by atoms with Crippen molar-refractivity contribution in [1.82, 2.24) is 0 Å². The molecule has 1 heteroatoms. The molecule has 0 saturated heterocycles. The first-order valence-corrected chi connectivity index (χ1v) is 3.69. The molecule has 0 heterocycles. The van der Waals surface area contributed by atoms with Gasteiger partial charge in [-0.15, -0.1) is 0 Å². The summed E-state index contributed by atoms with van der Waals surface area (Å²) in [5, 5.41) is 9.77. The molecule has 56 valence electrons. The monoisotopic (exact) mass is 146 g/mol. The Kier molecular flexibility index (Phi) is 1.18. The minimum Gasteiger partial charge on any atom is -0.380 e. The van der Waals surface area contributed by atoms with Gasteiger partial charge in [0.2, 0.25) is 0 Å². The molecule has 0 bridgehead atoms. The topological polar surface area (TPSA) is 20.2 Å². The largest absolute Gasteiger partial charge is 0.380 e. The second-order valence-electron chi connectivity index (χ2n) is 3.01. The van der Waals surface area contributed by atoms with Crippen LogP contribution in [-0.4, -0.2) is 5.11 Å². The van der Waals surface area contributed by atoms with Crippen molar-refractivity contribution in [3.05, 3.63) is 48.0 Å². The summed E-state index contributed by atoms with van der Waals surface area (Å²) in [6.07, 6.45) is 0.719. The molecule has 0 aromatic heterocycles. The molecule has 0 spiro atoms. The molecule has 0 radical (unpaired) electrons. The molecule has 1 fully saturated rings. The average molecular weight is 146 g/mol. The summed E-state index contributed by atoms with van der Waals surface area (Å²) in [5.74, 6) is 0. The van der Waals surface area contributed by atoms with Gasteiger partial charge in [0.05, 0.1) is 0 Å². The molecular weight excluding hydrogens is 136 g/mol. The Morgan fingerprint density at radius 3 is 2.27 bits per heavy atom. The van der Waals surface area contributed by atoms with Crippen LogP contribution in [0.2, 0.25) is 0 Å². The van der Waals surface area contributed by atoms with E-state index in [0.29, 0.717) is 0 Å². The lowest BCUT2D eigenvalue weighted by Crippen LogP contribution is -2.03. The first-order chi connectivity index (χ1) is 5.23. The van der Waals surface area contributed by atoms with E-state index in [-0.39, 0.29) is 0 Å². The van der Waals surface area contributed by atoms with Gasteiger partial charge in [-0.2, -0.15) is 0 Å². The molecule has 1 aliphatic rings. The third-order valence-corrected chi connectivity index (χ3v) is 2.18. The summed E-state index contributed by atoms with van der Waals surface area (Å²) in [6.45, 7) is 3.75. The van der Waals surface area contributed by atoms with Crippen molar-refractivity contribution in [3.8, 4) is 0 Å². The Hall–Kier alpha value is -1.08. The molecule has 1 unspecified atom stereocenters. The molecule has 1 saturated carbocycles. The summed E-state index contributed by atoms with van der Waals surface area (Å²) in [6, 6.07) is 9.66. The van der Waals surface area contributed by atoms with Crippen LogP contribution >= 0.6 is 0 Å². The number of rotatable bonds is 1. The van der Waals surface area contributed by atoms with Gasteiger partial charge >= 0.3 is 0 Å². The van der Waals surface area contributed by atoms with E-state index in [9.17, 15) is 5.11 Å². The molecule has 1 N–H and O–H groups in total. The number of benzene rings is 1. The SMILES string of the molecule is C=C1CC1(O)c1ccccc1. The van der Waals surface area contributed by atoms with E-state index in [1.807, 2.05) is 30.3 Å². The molecule has 11 heavy (non-hydrogen) atoms. The summed E-state index contributed by atoms with van der Waals surface area (Å²) in [4.78, 5) is 0. The highest BCUT2D eigenvalue weighted by atomic mass is 16.3. The van der Waals surface area contributed by atoms with Crippen LogP contribution < -0.4 is 0 Å². The molecule has 1 aromatic rings. The van der Waals surface area contributed by atoms with Gasteiger partial charge in [0.25, 0.3) is 0 Å². The summed E-state index contributed by atoms with van der Waals surface area (Å²) in [7, 11) is 0. The lowest BCUT2D eigenvalue weighted by molar-refractivity contribution is 0.166. The molecular formula is C10H10O. The maximum atomic E-state index is 9.77. The van der Waals surface area contributed by atoms with E-state index >= 15 is 0 Å². The third-order valence-electron chi connectivity index (χ3n) is 2.18. The van der Waals surface area contributed by atoms with Crippen molar-refractivity contribution in [2.75, 3.05) is 0 Å². The van der Waals surface area contributed by atoms with Gasteiger partial charge < -0.3 is 5.11 Å². The highest BCUT2D eigenvalue weighted by Gasteiger charge is 2.46. The van der Waals surface area contributed by atoms with Gasteiger partial charge in [-0.05, 0) is 11.1 Å². The second-order valence-corrected chi connectivity index (χ2v) is 3.01. The van der Waals surface area contributed by atoms with Crippen LogP contribution in [0.4, 0.5) is 0 Å². The number of hydrogen-bond donors (Lipinski definition) is 1. The van der Waals surface area contributed by atoms with Crippen molar-refractivity contribution >= 4 is 0 Å². The van der Waals surface area contributed by atoms with E-state index in [1.54, 1.807) is 0 Å². The standard InChI is InChI=1S/C10H10O/c1-8-7-10(8,11)9-5-3-2-4-6-9/h2-6,11H,1,7H2. The maximum absolute atomic E-state index is 9.77. The molecule has 1 atom stereocenters. The fourth-order valence-electron chi connectivity index (χ4n) is 1.28. The molecule has 0 amide bonds. The van der Waals surface area contributed by atoms with Crippen molar-refractivity contribution in [1.29, 1.82) is 0 Å². The van der Waals surface area contributed by atoms with Crippen LogP contribution in [0, 0.1) is 0 Å². The van der Waals surface area contributed by atoms with E-state index in [4.69, 9.17) is 0 Å². The summed E-state index contributed by atoms with van der Waals surface area (Å²) >= 11 is 0. The summed E-state index contributed by atoms with van der Waals surface area (Å²) in [5.41, 5.74) is 1.19. The first kappa shape index (κ1) is 6.62. The zero-order chi connectivity index (χ0) is 7.90. The smallest absolute Gasteiger partial charge is 0.114 e. The Labute approximate surface area is 66.0 Å². The van der Waals surface area contributed by atoms with Crippen molar-refractivity contribution in [3.63, 3.8) is 0 Å². The van der Waals surface area contributed by atoms with Gasteiger partial charge in [-0.25, -0.2) is 0 Å². The normalized spacial score (nSPS) is 28.6. The lowest BCUT2D eigenvalue weighted by Gasteiger charge is -2.05. The van der Waals surface area contributed by atoms with Crippen LogP contribution in [0.5, 0.6) is 0 Å². The molecule has 1 aliphatic carbocycles. The quantitative estimate of drug-likeness (QED) is 0.599. The lowest BCUT2D eigenvalue weighted by atomic mass is 10.1. The van der Waals surface area contributed by atoms with Crippen molar-refractivity contribution in [2.24, 2.45) is 0 Å². The van der Waals surface area contributed by atoms with E-state index in [0.717, 1.165) is 17.6 Å². The predicted molar refractivity (Wildman–Crippen MR) is 44.1 cm³/mol. The number of hydrogen-bond acceptors (Lipinski definition) is 1. The minimum atomic E-state index is -0.693. The van der Waals surface area contributed by atoms with Crippen LogP contribution in [0.1, 0.15) is 12.0 Å². The molecule has 2 rings (SSSR count). The van der Waals surface area contributed by atoms with E-state index in [1.165, 1.54) is 0 Å². The average Bonchev–Trinajstić information content (AvgIpc) is 2.64. The van der Waals surface area contributed by atoms with Crippen LogP contribution in [0.15, 0.2) is 42.5 Å². The Morgan fingerprint density at radius 2 is 1.82 bits per heavy atom. The minimum absolute atomic E-state index is 0.693. The summed E-state index contributed by atoms with van der Waals surface area (Å²) < 4.78 is 0. The van der Waals surface area contributed by atoms with Gasteiger partial charge in [0.1, 0.15) is 5.60 Å². The molecule has 1 aromatic carbocycles. The van der Waals surface area contributed by atoms with E-state index < -0.39 is 5.60 Å². The second kappa shape index (κ2) is 1.95. The van der Waals surface area contributed by atoms with E-state index in [2.05, 4.69) is 6.58 Å². The fourth-order valence-corrected chi connectivity index (χ4v) is 1.28. The van der Waals surface area contributed by atoms with Crippen LogP contribution in [0.25, 0.3) is 0 Å². The van der Waals surface area contributed by atoms with Crippen LogP contribution in [-0.2, 0) is 5.60 Å². The Bertz CT molecular complexity index is 289. The highest BCUT2D eigenvalue weighted by Crippen LogP contribution is 2.49. The maximum Gasteiger partial charge on any atom is 0.114 e. The van der Waals surface area contributed by atoms with Crippen molar-refractivity contribution < 1.29 is 5.11 Å². The fraction of sp³-hybridized carbons (Fsp3) is 0.200. The highest BCUT2D eigenvalue weighted by molar-refractivity contribution is 5.43. The van der Waals surface area contributed by atoms with Gasteiger partial charge in [-0.3, -0.25) is 0 Å². The van der Waals surface area contributed by atoms with Gasteiger partial charge in [0, 0.05) is 6.42 Å². The number of aliphatic hydroxyl groups is 1. The zero-order valence-corrected chi connectivity index (χ0v) is 6.25. The Balaban J connectivity index is 2.39. The molecule has 1 nitrogen and oxygen atoms in total. The third kappa shape index (κ3) is 0.889. The van der Waals surface area contributed by atoms with Crippen molar-refractivity contribution in [2.45, 2.75) is 12.0 Å².